The quantitative estimate of drug-likeness (QED) is 0.857. The van der Waals surface area contributed by atoms with E-state index in [1.807, 2.05) is 19.1 Å². The summed E-state index contributed by atoms with van der Waals surface area (Å²) in [6.07, 6.45) is 3.23. The van der Waals surface area contributed by atoms with E-state index in [2.05, 4.69) is 29.5 Å². The number of nitrogens with zero attached hydrogens (tertiary/aromatic N) is 1. The highest BCUT2D eigenvalue weighted by Gasteiger charge is 2.26. The van der Waals surface area contributed by atoms with Crippen molar-refractivity contribution in [1.82, 2.24) is 10.3 Å². The third kappa shape index (κ3) is 3.69. The van der Waals surface area contributed by atoms with Gasteiger partial charge in [-0.3, -0.25) is 4.79 Å². The minimum absolute atomic E-state index is 0.0157. The van der Waals surface area contributed by atoms with Gasteiger partial charge in [0, 0.05) is 23.8 Å². The SMILES string of the molecule is CCCNc1cc(C(=O)NC2CC(C)C2)cc(C)n1. The van der Waals surface area contributed by atoms with E-state index in [1.165, 1.54) is 0 Å². The zero-order chi connectivity index (χ0) is 13.8. The summed E-state index contributed by atoms with van der Waals surface area (Å²) in [5.74, 6) is 1.54. The Bertz CT molecular complexity index is 453. The summed E-state index contributed by atoms with van der Waals surface area (Å²) >= 11 is 0. The maximum absolute atomic E-state index is 12.2. The minimum atomic E-state index is 0.0157. The molecule has 1 fully saturated rings. The molecule has 0 atom stereocenters. The molecule has 1 saturated carbocycles. The number of carbonyl (C=O) groups is 1. The van der Waals surface area contributed by atoms with Gasteiger partial charge in [0.2, 0.25) is 0 Å². The monoisotopic (exact) mass is 261 g/mol. The number of carbonyl (C=O) groups excluding carboxylic acids is 1. The van der Waals surface area contributed by atoms with E-state index in [1.54, 1.807) is 0 Å². The summed E-state index contributed by atoms with van der Waals surface area (Å²) in [7, 11) is 0. The lowest BCUT2D eigenvalue weighted by molar-refractivity contribution is 0.0896. The van der Waals surface area contributed by atoms with Crippen LogP contribution in [-0.4, -0.2) is 23.5 Å². The molecule has 1 aromatic heterocycles. The second-order valence-electron chi connectivity index (χ2n) is 5.56. The highest BCUT2D eigenvalue weighted by atomic mass is 16.1. The molecule has 0 saturated heterocycles. The topological polar surface area (TPSA) is 54.0 Å². The molecule has 4 nitrogen and oxygen atoms in total. The van der Waals surface area contributed by atoms with Crippen LogP contribution >= 0.6 is 0 Å². The average Bonchev–Trinajstić information content (AvgIpc) is 2.33. The molecule has 1 aliphatic carbocycles. The summed E-state index contributed by atoms with van der Waals surface area (Å²) in [4.78, 5) is 16.6. The van der Waals surface area contributed by atoms with Gasteiger partial charge in [-0.2, -0.15) is 0 Å². The van der Waals surface area contributed by atoms with E-state index >= 15 is 0 Å². The Morgan fingerprint density at radius 1 is 1.42 bits per heavy atom. The van der Waals surface area contributed by atoms with E-state index in [-0.39, 0.29) is 5.91 Å². The molecule has 4 heteroatoms. The maximum Gasteiger partial charge on any atom is 0.251 e. The van der Waals surface area contributed by atoms with Crippen molar-refractivity contribution in [1.29, 1.82) is 0 Å². The number of anilines is 1. The molecule has 0 spiro atoms. The molecule has 2 rings (SSSR count). The Hall–Kier alpha value is -1.58. The van der Waals surface area contributed by atoms with Gasteiger partial charge in [0.05, 0.1) is 0 Å². The lowest BCUT2D eigenvalue weighted by Crippen LogP contribution is -2.43. The second kappa shape index (κ2) is 6.04. The van der Waals surface area contributed by atoms with Crippen molar-refractivity contribution in [2.45, 2.75) is 46.1 Å². The Morgan fingerprint density at radius 3 is 2.79 bits per heavy atom. The second-order valence-corrected chi connectivity index (χ2v) is 5.56. The third-order valence-electron chi connectivity index (χ3n) is 3.48. The summed E-state index contributed by atoms with van der Waals surface area (Å²) in [6.45, 7) is 7.11. The first-order chi connectivity index (χ1) is 9.08. The molecule has 0 aromatic carbocycles. The first kappa shape index (κ1) is 13.8. The van der Waals surface area contributed by atoms with Gasteiger partial charge in [-0.15, -0.1) is 0 Å². The number of pyridine rings is 1. The highest BCUT2D eigenvalue weighted by Crippen LogP contribution is 2.26. The Labute approximate surface area is 115 Å². The molecule has 1 aromatic rings. The van der Waals surface area contributed by atoms with Crippen molar-refractivity contribution in [2.75, 3.05) is 11.9 Å². The van der Waals surface area contributed by atoms with Crippen molar-refractivity contribution >= 4 is 11.7 Å². The lowest BCUT2D eigenvalue weighted by Gasteiger charge is -2.33. The first-order valence-electron chi connectivity index (χ1n) is 7.12. The smallest absolute Gasteiger partial charge is 0.251 e. The van der Waals surface area contributed by atoms with Crippen molar-refractivity contribution in [3.63, 3.8) is 0 Å². The summed E-state index contributed by atoms with van der Waals surface area (Å²) in [5, 5.41) is 6.31. The zero-order valence-corrected chi connectivity index (χ0v) is 12.0. The predicted octanol–water partition coefficient (Wildman–Crippen LogP) is 2.74. The fourth-order valence-electron chi connectivity index (χ4n) is 2.43. The Kier molecular flexibility index (Phi) is 4.40. The van der Waals surface area contributed by atoms with Crippen LogP contribution in [-0.2, 0) is 0 Å². The molecule has 1 amide bonds. The first-order valence-corrected chi connectivity index (χ1v) is 7.12. The molecule has 0 bridgehead atoms. The normalized spacial score (nSPS) is 21.6. The Morgan fingerprint density at radius 2 is 2.16 bits per heavy atom. The van der Waals surface area contributed by atoms with Gasteiger partial charge < -0.3 is 10.6 Å². The number of rotatable bonds is 5. The number of aryl methyl sites for hydroxylation is 1. The van der Waals surface area contributed by atoms with E-state index in [4.69, 9.17) is 0 Å². The van der Waals surface area contributed by atoms with Gasteiger partial charge in [0.25, 0.3) is 5.91 Å². The van der Waals surface area contributed by atoms with Crippen LogP contribution in [0.5, 0.6) is 0 Å². The largest absolute Gasteiger partial charge is 0.370 e. The van der Waals surface area contributed by atoms with Crippen molar-refractivity contribution in [3.05, 3.63) is 23.4 Å². The van der Waals surface area contributed by atoms with Gasteiger partial charge >= 0.3 is 0 Å². The van der Waals surface area contributed by atoms with Crippen LogP contribution in [0.25, 0.3) is 0 Å². The van der Waals surface area contributed by atoms with E-state index in [9.17, 15) is 4.79 Å². The number of nitrogens with one attached hydrogen (secondary N) is 2. The molecule has 0 radical (unpaired) electrons. The van der Waals surface area contributed by atoms with Crippen molar-refractivity contribution in [2.24, 2.45) is 5.92 Å². The van der Waals surface area contributed by atoms with E-state index < -0.39 is 0 Å². The predicted molar refractivity (Wildman–Crippen MR) is 77.4 cm³/mol. The number of hydrogen-bond donors (Lipinski definition) is 2. The van der Waals surface area contributed by atoms with Crippen molar-refractivity contribution in [3.8, 4) is 0 Å². The van der Waals surface area contributed by atoms with Gasteiger partial charge in [0.15, 0.2) is 0 Å². The van der Waals surface area contributed by atoms with Gasteiger partial charge in [0.1, 0.15) is 5.82 Å². The highest BCUT2D eigenvalue weighted by molar-refractivity contribution is 5.95. The zero-order valence-electron chi connectivity index (χ0n) is 12.0. The van der Waals surface area contributed by atoms with Crippen LogP contribution in [0.2, 0.25) is 0 Å². The molecule has 0 unspecified atom stereocenters. The van der Waals surface area contributed by atoms with E-state index in [0.29, 0.717) is 11.6 Å². The molecule has 104 valence electrons. The van der Waals surface area contributed by atoms with Gasteiger partial charge in [-0.25, -0.2) is 4.98 Å². The van der Waals surface area contributed by atoms with Crippen LogP contribution in [0.1, 0.15) is 49.2 Å². The fourth-order valence-corrected chi connectivity index (χ4v) is 2.43. The number of hydrogen-bond acceptors (Lipinski definition) is 3. The van der Waals surface area contributed by atoms with Gasteiger partial charge in [-0.05, 0) is 44.2 Å². The molecule has 1 heterocycles. The lowest BCUT2D eigenvalue weighted by atomic mass is 9.82. The van der Waals surface area contributed by atoms with E-state index in [0.717, 1.165) is 43.2 Å². The molecular formula is C15H23N3O. The Balaban J connectivity index is 2.01. The molecule has 1 aliphatic rings. The number of amides is 1. The fraction of sp³-hybridized carbons (Fsp3) is 0.600. The van der Waals surface area contributed by atoms with Crippen molar-refractivity contribution < 1.29 is 4.79 Å². The number of aromatic nitrogens is 1. The average molecular weight is 261 g/mol. The molecule has 19 heavy (non-hydrogen) atoms. The van der Waals surface area contributed by atoms with Crippen LogP contribution in [0.3, 0.4) is 0 Å². The summed E-state index contributed by atoms with van der Waals surface area (Å²) in [5.41, 5.74) is 1.57. The van der Waals surface area contributed by atoms with Crippen LogP contribution < -0.4 is 10.6 Å². The maximum atomic E-state index is 12.2. The third-order valence-corrected chi connectivity index (χ3v) is 3.48. The van der Waals surface area contributed by atoms with Gasteiger partial charge in [-0.1, -0.05) is 13.8 Å². The summed E-state index contributed by atoms with van der Waals surface area (Å²) in [6, 6.07) is 4.03. The standard InChI is InChI=1S/C15H23N3O/c1-4-5-16-14-9-12(8-11(3)17-14)15(19)18-13-6-10(2)7-13/h8-10,13H,4-7H2,1-3H3,(H,16,17)(H,18,19). The molecule has 2 N–H and O–H groups in total. The summed E-state index contributed by atoms with van der Waals surface area (Å²) < 4.78 is 0. The van der Waals surface area contributed by atoms with Crippen LogP contribution in [0.4, 0.5) is 5.82 Å². The minimum Gasteiger partial charge on any atom is -0.370 e. The molecule has 0 aliphatic heterocycles. The van der Waals surface area contributed by atoms with Crippen LogP contribution in [0.15, 0.2) is 12.1 Å². The molecular weight excluding hydrogens is 238 g/mol. The van der Waals surface area contributed by atoms with Crippen LogP contribution in [0, 0.1) is 12.8 Å².